The molecule has 2 fully saturated rings. The van der Waals surface area contributed by atoms with E-state index in [9.17, 15) is 9.90 Å². The van der Waals surface area contributed by atoms with Gasteiger partial charge in [-0.15, -0.1) is 0 Å². The Labute approximate surface area is 153 Å². The average molecular weight is 354 g/mol. The number of hydrogen-bond acceptors (Lipinski definition) is 4. The second-order valence-electron chi connectivity index (χ2n) is 7.95. The van der Waals surface area contributed by atoms with Crippen LogP contribution in [0, 0.1) is 17.8 Å². The molecule has 2 aliphatic carbocycles. The lowest BCUT2D eigenvalue weighted by molar-refractivity contribution is -0.138. The Morgan fingerprint density at radius 1 is 1.31 bits per heavy atom. The number of rotatable bonds is 7. The lowest BCUT2D eigenvalue weighted by Gasteiger charge is -2.21. The SMILES string of the molecule is Nc1ccc(C[C@@H](C(=O)O)c2cn(CCC3C[C@@H]4CC[C@H]3C4)cn2)cn1. The van der Waals surface area contributed by atoms with Crippen molar-refractivity contribution in [1.29, 1.82) is 0 Å². The summed E-state index contributed by atoms with van der Waals surface area (Å²) in [6.45, 7) is 0.927. The third-order valence-electron chi connectivity index (χ3n) is 6.24. The fourth-order valence-electron chi connectivity index (χ4n) is 4.84. The van der Waals surface area contributed by atoms with Crippen molar-refractivity contribution in [1.82, 2.24) is 14.5 Å². The Hall–Kier alpha value is -2.37. The van der Waals surface area contributed by atoms with Crippen molar-refractivity contribution in [2.45, 2.75) is 51.0 Å². The number of imidazole rings is 1. The summed E-state index contributed by atoms with van der Waals surface area (Å²) < 4.78 is 2.05. The molecule has 4 atom stereocenters. The standard InChI is InChI=1S/C20H26N4O2/c21-19-4-2-14(10-22-19)9-17(20(25)26)18-11-24(12-23-18)6-5-16-8-13-1-3-15(16)7-13/h2,4,10-13,15-17H,1,3,5-9H2,(H2,21,22)(H,25,26)/t13-,15+,16?,17-/m1/s1. The predicted octanol–water partition coefficient (Wildman–Crippen LogP) is 3.10. The van der Waals surface area contributed by atoms with Gasteiger partial charge in [-0.2, -0.15) is 0 Å². The Kier molecular flexibility index (Phi) is 4.66. The van der Waals surface area contributed by atoms with Gasteiger partial charge < -0.3 is 15.4 Å². The number of carboxylic acids is 1. The van der Waals surface area contributed by atoms with Crippen molar-refractivity contribution >= 4 is 11.8 Å². The third kappa shape index (κ3) is 3.59. The molecule has 6 nitrogen and oxygen atoms in total. The van der Waals surface area contributed by atoms with Gasteiger partial charge in [0.2, 0.25) is 0 Å². The zero-order valence-corrected chi connectivity index (χ0v) is 14.9. The van der Waals surface area contributed by atoms with Gasteiger partial charge in [-0.05, 0) is 61.5 Å². The molecule has 138 valence electrons. The van der Waals surface area contributed by atoms with Gasteiger partial charge in [0.05, 0.1) is 12.0 Å². The van der Waals surface area contributed by atoms with E-state index in [-0.39, 0.29) is 0 Å². The van der Waals surface area contributed by atoms with Crippen molar-refractivity contribution in [2.24, 2.45) is 17.8 Å². The van der Waals surface area contributed by atoms with Crippen molar-refractivity contribution in [3.8, 4) is 0 Å². The molecule has 6 heteroatoms. The highest BCUT2D eigenvalue weighted by Gasteiger charge is 2.38. The van der Waals surface area contributed by atoms with Crippen LogP contribution in [0.5, 0.6) is 0 Å². The quantitative estimate of drug-likeness (QED) is 0.797. The fraction of sp³-hybridized carbons (Fsp3) is 0.550. The van der Waals surface area contributed by atoms with E-state index in [4.69, 9.17) is 5.73 Å². The number of aromatic nitrogens is 3. The van der Waals surface area contributed by atoms with E-state index in [0.717, 1.165) is 29.9 Å². The highest BCUT2D eigenvalue weighted by Crippen LogP contribution is 2.49. The summed E-state index contributed by atoms with van der Waals surface area (Å²) in [7, 11) is 0. The van der Waals surface area contributed by atoms with Crippen LogP contribution in [0.3, 0.4) is 0 Å². The van der Waals surface area contributed by atoms with E-state index in [1.807, 2.05) is 12.3 Å². The Morgan fingerprint density at radius 2 is 2.19 bits per heavy atom. The summed E-state index contributed by atoms with van der Waals surface area (Å²) in [5.74, 6) is 1.65. The minimum absolute atomic E-state index is 0.367. The van der Waals surface area contributed by atoms with Crippen LogP contribution in [0.15, 0.2) is 30.9 Å². The summed E-state index contributed by atoms with van der Waals surface area (Å²) in [6.07, 6.45) is 12.5. The molecule has 2 aromatic heterocycles. The topological polar surface area (TPSA) is 94.0 Å². The van der Waals surface area contributed by atoms with Gasteiger partial charge in [0, 0.05) is 18.9 Å². The molecule has 0 aromatic carbocycles. The molecule has 0 amide bonds. The average Bonchev–Trinajstić information content (AvgIpc) is 3.36. The summed E-state index contributed by atoms with van der Waals surface area (Å²) >= 11 is 0. The van der Waals surface area contributed by atoms with E-state index in [1.54, 1.807) is 18.6 Å². The molecular formula is C20H26N4O2. The smallest absolute Gasteiger partial charge is 0.312 e. The van der Waals surface area contributed by atoms with Crippen LogP contribution in [-0.2, 0) is 17.8 Å². The van der Waals surface area contributed by atoms with Crippen LogP contribution in [-0.4, -0.2) is 25.6 Å². The first-order chi connectivity index (χ1) is 12.6. The Morgan fingerprint density at radius 3 is 2.85 bits per heavy atom. The van der Waals surface area contributed by atoms with Crippen LogP contribution in [0.2, 0.25) is 0 Å². The van der Waals surface area contributed by atoms with E-state index >= 15 is 0 Å². The van der Waals surface area contributed by atoms with E-state index in [0.29, 0.717) is 17.9 Å². The lowest BCUT2D eigenvalue weighted by Crippen LogP contribution is -2.15. The minimum atomic E-state index is -0.861. The fourth-order valence-corrected chi connectivity index (χ4v) is 4.84. The van der Waals surface area contributed by atoms with Crippen molar-refractivity contribution < 1.29 is 9.90 Å². The van der Waals surface area contributed by atoms with E-state index < -0.39 is 11.9 Å². The zero-order chi connectivity index (χ0) is 18.1. The molecule has 2 aliphatic rings. The number of nitrogens with zero attached hydrogens (tertiary/aromatic N) is 3. The highest BCUT2D eigenvalue weighted by molar-refractivity contribution is 5.75. The molecule has 1 unspecified atom stereocenters. The van der Waals surface area contributed by atoms with Gasteiger partial charge in [0.25, 0.3) is 0 Å². The molecule has 0 spiro atoms. The highest BCUT2D eigenvalue weighted by atomic mass is 16.4. The summed E-state index contributed by atoms with van der Waals surface area (Å²) in [5, 5.41) is 9.63. The number of anilines is 1. The number of carboxylic acid groups (broad SMARTS) is 1. The van der Waals surface area contributed by atoms with Crippen LogP contribution in [0.25, 0.3) is 0 Å². The number of hydrogen-bond donors (Lipinski definition) is 2. The van der Waals surface area contributed by atoms with Gasteiger partial charge in [0.15, 0.2) is 0 Å². The largest absolute Gasteiger partial charge is 0.481 e. The molecule has 0 radical (unpaired) electrons. The molecule has 2 aromatic rings. The number of aliphatic carboxylic acids is 1. The van der Waals surface area contributed by atoms with E-state index in [1.165, 1.54) is 32.1 Å². The maximum Gasteiger partial charge on any atom is 0.312 e. The molecule has 0 saturated heterocycles. The van der Waals surface area contributed by atoms with Gasteiger partial charge in [-0.25, -0.2) is 9.97 Å². The maximum atomic E-state index is 11.7. The Balaban J connectivity index is 1.39. The van der Waals surface area contributed by atoms with Crippen molar-refractivity contribution in [3.63, 3.8) is 0 Å². The van der Waals surface area contributed by atoms with Gasteiger partial charge in [0.1, 0.15) is 11.7 Å². The van der Waals surface area contributed by atoms with Crippen molar-refractivity contribution in [3.05, 3.63) is 42.1 Å². The molecule has 2 saturated carbocycles. The second kappa shape index (κ2) is 7.09. The first kappa shape index (κ1) is 17.1. The van der Waals surface area contributed by atoms with Crippen LogP contribution < -0.4 is 5.73 Å². The number of carbonyl (C=O) groups is 1. The van der Waals surface area contributed by atoms with Crippen molar-refractivity contribution in [2.75, 3.05) is 5.73 Å². The number of pyridine rings is 1. The number of nitrogen functional groups attached to an aromatic ring is 1. The zero-order valence-electron chi connectivity index (χ0n) is 14.9. The molecule has 2 bridgehead atoms. The predicted molar refractivity (Wildman–Crippen MR) is 98.5 cm³/mol. The second-order valence-corrected chi connectivity index (χ2v) is 7.95. The number of fused-ring (bicyclic) bond motifs is 2. The Bertz CT molecular complexity index is 770. The molecule has 3 N–H and O–H groups in total. The minimum Gasteiger partial charge on any atom is -0.481 e. The molecule has 2 heterocycles. The normalized spacial score (nSPS) is 25.5. The van der Waals surface area contributed by atoms with Crippen LogP contribution in [0.1, 0.15) is 49.3 Å². The lowest BCUT2D eigenvalue weighted by atomic mass is 9.86. The maximum absolute atomic E-state index is 11.7. The molecule has 4 rings (SSSR count). The molecular weight excluding hydrogens is 328 g/mol. The van der Waals surface area contributed by atoms with E-state index in [2.05, 4.69) is 14.5 Å². The summed E-state index contributed by atoms with van der Waals surface area (Å²) in [4.78, 5) is 20.2. The van der Waals surface area contributed by atoms with Gasteiger partial charge >= 0.3 is 5.97 Å². The summed E-state index contributed by atoms with van der Waals surface area (Å²) in [5.41, 5.74) is 7.06. The summed E-state index contributed by atoms with van der Waals surface area (Å²) in [6, 6.07) is 3.52. The van der Waals surface area contributed by atoms with Gasteiger partial charge in [-0.3, -0.25) is 4.79 Å². The monoisotopic (exact) mass is 354 g/mol. The number of aryl methyl sites for hydroxylation is 1. The third-order valence-corrected chi connectivity index (χ3v) is 6.24. The number of nitrogens with two attached hydrogens (primary N) is 1. The molecule has 26 heavy (non-hydrogen) atoms. The molecule has 0 aliphatic heterocycles. The van der Waals surface area contributed by atoms with Gasteiger partial charge in [-0.1, -0.05) is 12.5 Å². The first-order valence-corrected chi connectivity index (χ1v) is 9.53. The van der Waals surface area contributed by atoms with Crippen LogP contribution >= 0.6 is 0 Å². The first-order valence-electron chi connectivity index (χ1n) is 9.53. The van der Waals surface area contributed by atoms with Crippen LogP contribution in [0.4, 0.5) is 5.82 Å².